The number of nitrogens with one attached hydrogen (secondary N) is 1. The number of nitrogens with zero attached hydrogens (tertiary/aromatic N) is 1. The van der Waals surface area contributed by atoms with E-state index in [2.05, 4.69) is 4.98 Å². The summed E-state index contributed by atoms with van der Waals surface area (Å²) in [6.07, 6.45) is 0. The van der Waals surface area contributed by atoms with Crippen molar-refractivity contribution in [2.45, 2.75) is 13.5 Å². The molecule has 0 aliphatic rings. The molecule has 0 atom stereocenters. The van der Waals surface area contributed by atoms with Crippen LogP contribution in [-0.4, -0.2) is 9.55 Å². The molecule has 1 N–H and O–H groups in total. The fraction of sp³-hybridized carbons (Fsp3) is 0.333. The monoisotopic (exact) mass is 208 g/mol. The Hall–Kier alpha value is -0.740. The zero-order valence-electron chi connectivity index (χ0n) is 6.23. The molecule has 0 amide bonds. The van der Waals surface area contributed by atoms with E-state index in [9.17, 15) is 9.59 Å². The summed E-state index contributed by atoms with van der Waals surface area (Å²) in [5.74, 6) is 0. The van der Waals surface area contributed by atoms with Gasteiger partial charge in [-0.3, -0.25) is 14.3 Å². The van der Waals surface area contributed by atoms with Crippen LogP contribution in [0.4, 0.5) is 0 Å². The van der Waals surface area contributed by atoms with E-state index >= 15 is 0 Å². The molecule has 0 aromatic carbocycles. The lowest BCUT2D eigenvalue weighted by atomic mass is 10.6. The summed E-state index contributed by atoms with van der Waals surface area (Å²) in [5.41, 5.74) is -1.11. The maximum absolute atomic E-state index is 11.2. The molecule has 0 bridgehead atoms. The average molecular weight is 209 g/mol. The highest BCUT2D eigenvalue weighted by Gasteiger charge is 2.08. The van der Waals surface area contributed by atoms with E-state index in [0.717, 1.165) is 4.57 Å². The molecule has 0 fully saturated rings. The molecular formula is C6H6Cl2N2O2. The Morgan fingerprint density at radius 3 is 2.50 bits per heavy atom. The number of aromatic amines is 1. The zero-order chi connectivity index (χ0) is 9.30. The van der Waals surface area contributed by atoms with E-state index in [4.69, 9.17) is 23.2 Å². The van der Waals surface area contributed by atoms with Crippen molar-refractivity contribution < 1.29 is 0 Å². The number of H-pyrrole nitrogens is 1. The number of aromatic nitrogens is 2. The van der Waals surface area contributed by atoms with Crippen LogP contribution in [0.5, 0.6) is 0 Å². The average Bonchev–Trinajstić information content (AvgIpc) is 2.01. The van der Waals surface area contributed by atoms with Crippen molar-refractivity contribution in [3.05, 3.63) is 31.0 Å². The Bertz CT molecular complexity index is 407. The summed E-state index contributed by atoms with van der Waals surface area (Å²) in [6.45, 7) is 1.94. The van der Waals surface area contributed by atoms with Crippen molar-refractivity contribution >= 4 is 23.2 Å². The van der Waals surface area contributed by atoms with Crippen LogP contribution in [0.2, 0.25) is 10.2 Å². The quantitative estimate of drug-likeness (QED) is 0.697. The Morgan fingerprint density at radius 1 is 1.42 bits per heavy atom. The Morgan fingerprint density at radius 2 is 2.00 bits per heavy atom. The van der Waals surface area contributed by atoms with Crippen molar-refractivity contribution in [2.24, 2.45) is 0 Å². The lowest BCUT2D eigenvalue weighted by molar-refractivity contribution is 0.673. The summed E-state index contributed by atoms with van der Waals surface area (Å²) in [7, 11) is 0. The first-order chi connectivity index (χ1) is 5.57. The zero-order valence-corrected chi connectivity index (χ0v) is 7.74. The third-order valence-electron chi connectivity index (χ3n) is 1.40. The topological polar surface area (TPSA) is 54.9 Å². The molecule has 0 aliphatic carbocycles. The van der Waals surface area contributed by atoms with Gasteiger partial charge in [-0.25, -0.2) is 4.79 Å². The largest absolute Gasteiger partial charge is 0.329 e. The molecule has 66 valence electrons. The van der Waals surface area contributed by atoms with Crippen molar-refractivity contribution in [2.75, 3.05) is 0 Å². The van der Waals surface area contributed by atoms with Gasteiger partial charge in [-0.1, -0.05) is 23.2 Å². The normalized spacial score (nSPS) is 10.2. The maximum atomic E-state index is 11.2. The van der Waals surface area contributed by atoms with Gasteiger partial charge < -0.3 is 0 Å². The second-order valence-electron chi connectivity index (χ2n) is 2.11. The van der Waals surface area contributed by atoms with Crippen LogP contribution in [-0.2, 0) is 6.54 Å². The van der Waals surface area contributed by atoms with Crippen LogP contribution in [0, 0.1) is 0 Å². The SMILES string of the molecule is CCn1c(=O)[nH]c(Cl)c(Cl)c1=O. The van der Waals surface area contributed by atoms with Gasteiger partial charge in [-0.05, 0) is 6.92 Å². The first kappa shape index (κ1) is 9.35. The number of hydrogen-bond acceptors (Lipinski definition) is 2. The van der Waals surface area contributed by atoms with Crippen LogP contribution in [0.15, 0.2) is 9.59 Å². The first-order valence-corrected chi connectivity index (χ1v) is 4.01. The van der Waals surface area contributed by atoms with E-state index < -0.39 is 11.2 Å². The molecule has 0 saturated heterocycles. The van der Waals surface area contributed by atoms with Crippen LogP contribution in [0.1, 0.15) is 6.92 Å². The molecular weight excluding hydrogens is 203 g/mol. The van der Waals surface area contributed by atoms with E-state index in [1.54, 1.807) is 6.92 Å². The lowest BCUT2D eigenvalue weighted by Crippen LogP contribution is -2.34. The van der Waals surface area contributed by atoms with Gasteiger partial charge in [-0.2, -0.15) is 0 Å². The molecule has 0 unspecified atom stereocenters. The highest BCUT2D eigenvalue weighted by atomic mass is 35.5. The number of halogens is 2. The Balaban J connectivity index is 3.64. The molecule has 12 heavy (non-hydrogen) atoms. The molecule has 1 aromatic rings. The third-order valence-corrected chi connectivity index (χ3v) is 2.13. The molecule has 1 heterocycles. The summed E-state index contributed by atoms with van der Waals surface area (Å²) in [4.78, 5) is 24.4. The third kappa shape index (κ3) is 1.40. The van der Waals surface area contributed by atoms with Crippen molar-refractivity contribution in [3.8, 4) is 0 Å². The van der Waals surface area contributed by atoms with Gasteiger partial charge in [0.05, 0.1) is 0 Å². The summed E-state index contributed by atoms with van der Waals surface area (Å²) in [6, 6.07) is 0. The van der Waals surface area contributed by atoms with Gasteiger partial charge in [0.25, 0.3) is 5.56 Å². The minimum Gasteiger partial charge on any atom is -0.296 e. The van der Waals surface area contributed by atoms with Crippen LogP contribution >= 0.6 is 23.2 Å². The van der Waals surface area contributed by atoms with Crippen molar-refractivity contribution in [3.63, 3.8) is 0 Å². The van der Waals surface area contributed by atoms with Gasteiger partial charge in [0.1, 0.15) is 10.2 Å². The Labute approximate surface area is 77.7 Å². The van der Waals surface area contributed by atoms with Gasteiger partial charge in [-0.15, -0.1) is 0 Å². The second kappa shape index (κ2) is 3.33. The number of hydrogen-bond donors (Lipinski definition) is 1. The fourth-order valence-electron chi connectivity index (χ4n) is 0.808. The van der Waals surface area contributed by atoms with E-state index in [1.165, 1.54) is 0 Å². The fourth-order valence-corrected chi connectivity index (χ4v) is 1.12. The molecule has 0 radical (unpaired) electrons. The number of rotatable bonds is 1. The molecule has 1 aromatic heterocycles. The molecule has 0 saturated carbocycles. The smallest absolute Gasteiger partial charge is 0.296 e. The lowest BCUT2D eigenvalue weighted by Gasteiger charge is -2.00. The molecule has 6 heteroatoms. The Kier molecular flexibility index (Phi) is 2.59. The maximum Gasteiger partial charge on any atom is 0.329 e. The summed E-state index contributed by atoms with van der Waals surface area (Å²) >= 11 is 10.9. The van der Waals surface area contributed by atoms with Gasteiger partial charge in [0.15, 0.2) is 0 Å². The predicted octanol–water partition coefficient (Wildman–Crippen LogP) is 0.863. The molecule has 4 nitrogen and oxygen atoms in total. The van der Waals surface area contributed by atoms with Crippen LogP contribution in [0.25, 0.3) is 0 Å². The molecule has 1 rings (SSSR count). The van der Waals surface area contributed by atoms with Crippen LogP contribution in [0.3, 0.4) is 0 Å². The van der Waals surface area contributed by atoms with Gasteiger partial charge in [0.2, 0.25) is 0 Å². The highest BCUT2D eigenvalue weighted by molar-refractivity contribution is 6.40. The summed E-state index contributed by atoms with van der Waals surface area (Å²) in [5, 5.41) is -0.269. The standard InChI is InChI=1S/C6H6Cl2N2O2/c1-2-10-5(11)3(7)4(8)9-6(10)12/h2H2,1H3,(H,9,12). The molecule has 0 spiro atoms. The second-order valence-corrected chi connectivity index (χ2v) is 2.86. The van der Waals surface area contributed by atoms with E-state index in [1.807, 2.05) is 0 Å². The van der Waals surface area contributed by atoms with Crippen molar-refractivity contribution in [1.29, 1.82) is 0 Å². The van der Waals surface area contributed by atoms with Crippen molar-refractivity contribution in [1.82, 2.24) is 9.55 Å². The first-order valence-electron chi connectivity index (χ1n) is 3.26. The summed E-state index contributed by atoms with van der Waals surface area (Å²) < 4.78 is 0.966. The highest BCUT2D eigenvalue weighted by Crippen LogP contribution is 2.10. The van der Waals surface area contributed by atoms with Crippen LogP contribution < -0.4 is 11.2 Å². The molecule has 0 aliphatic heterocycles. The van der Waals surface area contributed by atoms with E-state index in [-0.39, 0.29) is 16.7 Å². The predicted molar refractivity (Wildman–Crippen MR) is 47.0 cm³/mol. The minimum absolute atomic E-state index is 0.114. The van der Waals surface area contributed by atoms with Gasteiger partial charge in [0, 0.05) is 6.54 Å². The van der Waals surface area contributed by atoms with E-state index in [0.29, 0.717) is 0 Å². The minimum atomic E-state index is -0.562. The van der Waals surface area contributed by atoms with Gasteiger partial charge >= 0.3 is 5.69 Å².